The zero-order valence-corrected chi connectivity index (χ0v) is 12.1. The predicted molar refractivity (Wildman–Crippen MR) is 70.1 cm³/mol. The summed E-state index contributed by atoms with van der Waals surface area (Å²) >= 11 is 11.1. The van der Waals surface area contributed by atoms with Crippen LogP contribution in [-0.2, 0) is 0 Å². The third-order valence-corrected chi connectivity index (χ3v) is 4.52. The molecule has 0 N–H and O–H groups in total. The summed E-state index contributed by atoms with van der Waals surface area (Å²) in [7, 11) is 0. The molecule has 0 fully saturated rings. The van der Waals surface area contributed by atoms with Gasteiger partial charge in [-0.3, -0.25) is 0 Å². The summed E-state index contributed by atoms with van der Waals surface area (Å²) in [6.45, 7) is 0. The van der Waals surface area contributed by atoms with Crippen LogP contribution < -0.4 is 0 Å². The van der Waals surface area contributed by atoms with E-state index < -0.39 is 0 Å². The maximum atomic E-state index is 13.7. The number of halogens is 4. The lowest BCUT2D eigenvalue weighted by atomic mass is 10.2. The maximum absolute atomic E-state index is 13.7. The van der Waals surface area contributed by atoms with E-state index in [1.54, 1.807) is 16.6 Å². The topological polar surface area (TPSA) is 17.8 Å². The third-order valence-electron chi connectivity index (χ3n) is 1.77. The second kappa shape index (κ2) is 4.20. The van der Waals surface area contributed by atoms with Crippen molar-refractivity contribution < 1.29 is 4.39 Å². The van der Waals surface area contributed by atoms with Gasteiger partial charge in [-0.2, -0.15) is 5.10 Å². The number of hydrogen-bond acceptors (Lipinski definition) is 1. The normalized spacial score (nSPS) is 12.0. The Hall–Kier alpha value is 0.550. The summed E-state index contributed by atoms with van der Waals surface area (Å²) in [5, 5.41) is 5.03. The predicted octanol–water partition coefficient (Wildman–Crippen LogP) is 4.38. The molecule has 0 aliphatic carbocycles. The van der Waals surface area contributed by atoms with E-state index in [0.29, 0.717) is 26.9 Å². The minimum Gasteiger partial charge on any atom is -0.233 e. The van der Waals surface area contributed by atoms with E-state index in [1.165, 1.54) is 0 Å². The molecule has 0 spiro atoms. The van der Waals surface area contributed by atoms with E-state index in [9.17, 15) is 4.39 Å². The van der Waals surface area contributed by atoms with E-state index in [-0.39, 0.29) is 5.82 Å². The molecular formula is C7H3BrClFIN2P. The fourth-order valence-corrected chi connectivity index (χ4v) is 3.27. The highest BCUT2D eigenvalue weighted by atomic mass is 127. The Bertz CT molecular complexity index is 504. The molecule has 0 radical (unpaired) electrons. The van der Waals surface area contributed by atoms with Crippen LogP contribution in [0.5, 0.6) is 0 Å². The lowest BCUT2D eigenvalue weighted by Crippen LogP contribution is -1.87. The first-order chi connectivity index (χ1) is 6.65. The number of fused-ring (bicyclic) bond motifs is 1. The molecule has 0 saturated carbocycles. The smallest absolute Gasteiger partial charge is 0.163 e. The van der Waals surface area contributed by atoms with Crippen LogP contribution in [0.3, 0.4) is 0 Å². The fraction of sp³-hybridized carbons (Fsp3) is 0. The van der Waals surface area contributed by atoms with Gasteiger partial charge in [-0.1, -0.05) is 11.6 Å². The average Bonchev–Trinajstić information content (AvgIpc) is 2.50. The van der Waals surface area contributed by atoms with Crippen molar-refractivity contribution in [2.24, 2.45) is 0 Å². The summed E-state index contributed by atoms with van der Waals surface area (Å²) < 4.78 is 15.7. The van der Waals surface area contributed by atoms with Gasteiger partial charge in [0.05, 0.1) is 10.8 Å². The maximum Gasteiger partial charge on any atom is 0.163 e. The Morgan fingerprint density at radius 2 is 2.29 bits per heavy atom. The number of hydrogen-bond donors (Lipinski definition) is 0. The zero-order chi connectivity index (χ0) is 10.3. The highest BCUT2D eigenvalue weighted by Gasteiger charge is 2.14. The number of aromatic nitrogens is 2. The molecular weight excluding hydrogens is 404 g/mol. The molecule has 0 bridgehead atoms. The molecule has 1 aromatic heterocycles. The van der Waals surface area contributed by atoms with Crippen molar-refractivity contribution in [3.63, 3.8) is 0 Å². The van der Waals surface area contributed by atoms with Crippen LogP contribution >= 0.6 is 55.9 Å². The molecule has 1 atom stereocenters. The first-order valence-corrected chi connectivity index (χ1v) is 8.77. The average molecular weight is 407 g/mol. The van der Waals surface area contributed by atoms with Crippen LogP contribution in [0, 0.1) is 5.82 Å². The Balaban J connectivity index is 2.91. The van der Waals surface area contributed by atoms with Crippen LogP contribution in [0.25, 0.3) is 10.9 Å². The molecule has 2 aromatic rings. The molecule has 7 heteroatoms. The van der Waals surface area contributed by atoms with E-state index >= 15 is 0 Å². The number of benzene rings is 1. The molecule has 14 heavy (non-hydrogen) atoms. The first-order valence-electron chi connectivity index (χ1n) is 3.54. The van der Waals surface area contributed by atoms with Crippen LogP contribution in [0.2, 0.25) is 5.15 Å². The van der Waals surface area contributed by atoms with E-state index in [4.69, 9.17) is 11.6 Å². The quantitative estimate of drug-likeness (QED) is 0.507. The van der Waals surface area contributed by atoms with Crippen molar-refractivity contribution in [1.82, 2.24) is 9.55 Å². The second-order valence-corrected chi connectivity index (χ2v) is 5.80. The van der Waals surface area contributed by atoms with Gasteiger partial charge >= 0.3 is 0 Å². The van der Waals surface area contributed by atoms with Gasteiger partial charge in [0, 0.05) is 5.39 Å². The van der Waals surface area contributed by atoms with E-state index in [1.807, 2.05) is 0 Å². The van der Waals surface area contributed by atoms with Crippen molar-refractivity contribution in [2.75, 3.05) is 0 Å². The van der Waals surface area contributed by atoms with Gasteiger partial charge in [-0.25, -0.2) is 8.84 Å². The Labute approximate surface area is 108 Å². The molecule has 1 aromatic carbocycles. The molecule has 0 saturated heterocycles. The molecule has 1 heterocycles. The lowest BCUT2D eigenvalue weighted by molar-refractivity contribution is 0.628. The zero-order valence-electron chi connectivity index (χ0n) is 6.56. The molecule has 0 aliphatic rings. The summed E-state index contributed by atoms with van der Waals surface area (Å²) in [5.74, 6) is -0.314. The van der Waals surface area contributed by atoms with Crippen LogP contribution in [0.15, 0.2) is 16.6 Å². The first kappa shape index (κ1) is 11.0. The summed E-state index contributed by atoms with van der Waals surface area (Å²) in [6.07, 6.45) is 0.328. The Morgan fingerprint density at radius 3 is 2.93 bits per heavy atom. The molecule has 74 valence electrons. The van der Waals surface area contributed by atoms with E-state index in [2.05, 4.69) is 43.1 Å². The van der Waals surface area contributed by atoms with Crippen molar-refractivity contribution in [3.05, 3.63) is 27.6 Å². The molecule has 1 unspecified atom stereocenters. The van der Waals surface area contributed by atoms with Gasteiger partial charge in [0.1, 0.15) is 5.52 Å². The minimum atomic E-state index is -0.314. The molecule has 2 nitrogen and oxygen atoms in total. The Kier molecular flexibility index (Phi) is 3.31. The molecule has 2 rings (SSSR count). The SMILES string of the molecule is Fc1c(Br)ccc2c(Cl)nn(PI)c12. The highest BCUT2D eigenvalue weighted by Crippen LogP contribution is 2.35. The minimum absolute atomic E-state index is 0.314. The van der Waals surface area contributed by atoms with Gasteiger partial charge in [0.2, 0.25) is 0 Å². The van der Waals surface area contributed by atoms with Crippen molar-refractivity contribution >= 4 is 66.8 Å². The standard InChI is InChI=1S/C7H3BrClFIN2P/c8-4-2-1-3-6(5(4)10)13(14-11)12-7(3)9/h1-2,14H. The van der Waals surface area contributed by atoms with Gasteiger partial charge in [-0.15, -0.1) is 0 Å². The van der Waals surface area contributed by atoms with Crippen LogP contribution in [0.4, 0.5) is 4.39 Å². The van der Waals surface area contributed by atoms with Crippen molar-refractivity contribution in [2.45, 2.75) is 0 Å². The fourth-order valence-electron chi connectivity index (χ4n) is 1.17. The lowest BCUT2D eigenvalue weighted by Gasteiger charge is -1.99. The number of nitrogens with zero attached hydrogens (tertiary/aromatic N) is 2. The third kappa shape index (κ3) is 1.68. The number of rotatable bonds is 1. The Morgan fingerprint density at radius 1 is 1.57 bits per heavy atom. The summed E-state index contributed by atoms with van der Waals surface area (Å²) in [6, 6.07) is 3.39. The van der Waals surface area contributed by atoms with Gasteiger partial charge in [0.15, 0.2) is 11.0 Å². The van der Waals surface area contributed by atoms with Gasteiger partial charge < -0.3 is 0 Å². The monoisotopic (exact) mass is 406 g/mol. The molecule has 0 aliphatic heterocycles. The van der Waals surface area contributed by atoms with Gasteiger partial charge in [-0.05, 0) is 50.1 Å². The highest BCUT2D eigenvalue weighted by molar-refractivity contribution is 14.2. The van der Waals surface area contributed by atoms with E-state index in [0.717, 1.165) is 0 Å². The van der Waals surface area contributed by atoms with Crippen molar-refractivity contribution in [1.29, 1.82) is 0 Å². The largest absolute Gasteiger partial charge is 0.233 e. The van der Waals surface area contributed by atoms with Crippen LogP contribution in [-0.4, -0.2) is 9.55 Å². The van der Waals surface area contributed by atoms with Gasteiger partial charge in [0.25, 0.3) is 0 Å². The summed E-state index contributed by atoms with van der Waals surface area (Å²) in [4.78, 5) is 0. The van der Waals surface area contributed by atoms with Crippen LogP contribution in [0.1, 0.15) is 0 Å². The molecule has 0 amide bonds. The second-order valence-electron chi connectivity index (χ2n) is 2.54. The van der Waals surface area contributed by atoms with Crippen molar-refractivity contribution in [3.8, 4) is 0 Å². The summed E-state index contributed by atoms with van der Waals surface area (Å²) in [5.41, 5.74) is 0.456.